The lowest BCUT2D eigenvalue weighted by atomic mass is 9.86. The number of rotatable bonds is 1. The van der Waals surface area contributed by atoms with E-state index in [-0.39, 0.29) is 5.54 Å². The number of nitrogens with one attached hydrogen (secondary N) is 1. The van der Waals surface area contributed by atoms with Gasteiger partial charge in [-0.15, -0.1) is 0 Å². The van der Waals surface area contributed by atoms with Crippen molar-refractivity contribution in [3.63, 3.8) is 0 Å². The maximum Gasteiger partial charge on any atom is 0.150 e. The second-order valence-corrected chi connectivity index (χ2v) is 7.62. The van der Waals surface area contributed by atoms with E-state index in [9.17, 15) is 8.42 Å². The molecule has 2 aliphatic rings. The summed E-state index contributed by atoms with van der Waals surface area (Å²) in [5.74, 6) is 1.82. The second-order valence-electron chi connectivity index (χ2n) is 5.39. The number of hydrogen-bond acceptors (Lipinski definition) is 3. The van der Waals surface area contributed by atoms with Gasteiger partial charge in [-0.1, -0.05) is 0 Å². The molecule has 0 saturated carbocycles. The standard InChI is InChI=1S/C10H19NO2S/c1-10(2)5-9(6-11-10)8-3-4-14(12,13)7-8/h8-9,11H,3-7H2,1-2H3. The Bertz CT molecular complexity index is 321. The monoisotopic (exact) mass is 217 g/mol. The van der Waals surface area contributed by atoms with Gasteiger partial charge in [-0.05, 0) is 45.1 Å². The van der Waals surface area contributed by atoms with E-state index in [1.54, 1.807) is 0 Å². The highest BCUT2D eigenvalue weighted by molar-refractivity contribution is 7.91. The Hall–Kier alpha value is -0.0900. The Balaban J connectivity index is 1.99. The highest BCUT2D eigenvalue weighted by Crippen LogP contribution is 2.34. The summed E-state index contributed by atoms with van der Waals surface area (Å²) < 4.78 is 22.7. The molecule has 0 amide bonds. The van der Waals surface area contributed by atoms with Crippen LogP contribution in [0.2, 0.25) is 0 Å². The zero-order valence-electron chi connectivity index (χ0n) is 8.91. The summed E-state index contributed by atoms with van der Waals surface area (Å²) in [6.45, 7) is 5.38. The largest absolute Gasteiger partial charge is 0.311 e. The van der Waals surface area contributed by atoms with Gasteiger partial charge in [-0.3, -0.25) is 0 Å². The molecule has 3 nitrogen and oxygen atoms in total. The summed E-state index contributed by atoms with van der Waals surface area (Å²) in [4.78, 5) is 0. The van der Waals surface area contributed by atoms with E-state index in [1.807, 2.05) is 0 Å². The lowest BCUT2D eigenvalue weighted by Crippen LogP contribution is -2.31. The minimum atomic E-state index is -2.70. The fourth-order valence-corrected chi connectivity index (χ4v) is 4.66. The second kappa shape index (κ2) is 3.20. The molecule has 2 fully saturated rings. The molecule has 0 bridgehead atoms. The van der Waals surface area contributed by atoms with Crippen molar-refractivity contribution in [2.24, 2.45) is 11.8 Å². The Labute approximate surface area is 86.2 Å². The zero-order valence-corrected chi connectivity index (χ0v) is 9.73. The average Bonchev–Trinajstić information content (AvgIpc) is 2.54. The van der Waals surface area contributed by atoms with E-state index < -0.39 is 9.84 Å². The van der Waals surface area contributed by atoms with E-state index in [2.05, 4.69) is 19.2 Å². The summed E-state index contributed by atoms with van der Waals surface area (Å²) in [6.07, 6.45) is 2.00. The molecule has 0 aliphatic carbocycles. The molecule has 0 aromatic rings. The third-order valence-corrected chi connectivity index (χ3v) is 5.34. The van der Waals surface area contributed by atoms with Crippen LogP contribution in [0.4, 0.5) is 0 Å². The van der Waals surface area contributed by atoms with Crippen molar-refractivity contribution in [2.75, 3.05) is 18.1 Å². The van der Waals surface area contributed by atoms with E-state index in [0.717, 1.165) is 19.4 Å². The molecule has 2 rings (SSSR count). The molecule has 0 aromatic heterocycles. The smallest absolute Gasteiger partial charge is 0.150 e. The van der Waals surface area contributed by atoms with E-state index in [0.29, 0.717) is 23.3 Å². The molecule has 14 heavy (non-hydrogen) atoms. The molecule has 2 saturated heterocycles. The van der Waals surface area contributed by atoms with Gasteiger partial charge in [0.05, 0.1) is 11.5 Å². The van der Waals surface area contributed by atoms with Gasteiger partial charge in [0, 0.05) is 5.54 Å². The predicted octanol–water partition coefficient (Wildman–Crippen LogP) is 0.809. The summed E-state index contributed by atoms with van der Waals surface area (Å²) in [7, 11) is -2.70. The molecular weight excluding hydrogens is 198 g/mol. The van der Waals surface area contributed by atoms with Gasteiger partial charge in [-0.2, -0.15) is 0 Å². The van der Waals surface area contributed by atoms with Crippen LogP contribution in [0.5, 0.6) is 0 Å². The molecule has 2 heterocycles. The molecule has 0 radical (unpaired) electrons. The first-order valence-electron chi connectivity index (χ1n) is 5.33. The maximum atomic E-state index is 11.3. The third kappa shape index (κ3) is 2.11. The lowest BCUT2D eigenvalue weighted by molar-refractivity contribution is 0.365. The van der Waals surface area contributed by atoms with Crippen LogP contribution in [0.25, 0.3) is 0 Å². The molecule has 2 atom stereocenters. The molecule has 2 aliphatic heterocycles. The van der Waals surface area contributed by atoms with Gasteiger partial charge in [0.2, 0.25) is 0 Å². The summed E-state index contributed by atoms with van der Waals surface area (Å²) in [5.41, 5.74) is 0.205. The minimum Gasteiger partial charge on any atom is -0.311 e. The van der Waals surface area contributed by atoms with Crippen LogP contribution in [0.15, 0.2) is 0 Å². The molecule has 0 spiro atoms. The van der Waals surface area contributed by atoms with Crippen molar-refractivity contribution >= 4 is 9.84 Å². The number of sulfone groups is 1. The van der Waals surface area contributed by atoms with Crippen LogP contribution in [-0.4, -0.2) is 32.0 Å². The van der Waals surface area contributed by atoms with Crippen molar-refractivity contribution < 1.29 is 8.42 Å². The Morgan fingerprint density at radius 2 is 2.00 bits per heavy atom. The molecule has 82 valence electrons. The third-order valence-electron chi connectivity index (χ3n) is 3.55. The van der Waals surface area contributed by atoms with Crippen LogP contribution in [0.1, 0.15) is 26.7 Å². The van der Waals surface area contributed by atoms with Gasteiger partial charge in [0.15, 0.2) is 9.84 Å². The molecule has 1 N–H and O–H groups in total. The SMILES string of the molecule is CC1(C)CC(C2CCS(=O)(=O)C2)CN1. The minimum absolute atomic E-state index is 0.205. The predicted molar refractivity (Wildman–Crippen MR) is 56.9 cm³/mol. The first-order chi connectivity index (χ1) is 6.38. The Kier molecular flexibility index (Phi) is 2.39. The van der Waals surface area contributed by atoms with E-state index in [1.165, 1.54) is 0 Å². The van der Waals surface area contributed by atoms with Gasteiger partial charge in [0.25, 0.3) is 0 Å². The van der Waals surface area contributed by atoms with Crippen molar-refractivity contribution in [2.45, 2.75) is 32.2 Å². The Morgan fingerprint density at radius 1 is 1.29 bits per heavy atom. The Morgan fingerprint density at radius 3 is 2.43 bits per heavy atom. The quantitative estimate of drug-likeness (QED) is 0.707. The van der Waals surface area contributed by atoms with Crippen molar-refractivity contribution in [1.82, 2.24) is 5.32 Å². The topological polar surface area (TPSA) is 46.2 Å². The normalized spacial score (nSPS) is 40.1. The molecular formula is C10H19NO2S. The van der Waals surface area contributed by atoms with Gasteiger partial charge >= 0.3 is 0 Å². The lowest BCUT2D eigenvalue weighted by Gasteiger charge is -2.19. The van der Waals surface area contributed by atoms with Crippen LogP contribution >= 0.6 is 0 Å². The summed E-state index contributed by atoms with van der Waals surface area (Å²) in [5, 5.41) is 3.46. The van der Waals surface area contributed by atoms with Crippen molar-refractivity contribution in [3.05, 3.63) is 0 Å². The first-order valence-corrected chi connectivity index (χ1v) is 7.16. The van der Waals surface area contributed by atoms with E-state index >= 15 is 0 Å². The van der Waals surface area contributed by atoms with Gasteiger partial charge < -0.3 is 5.32 Å². The summed E-state index contributed by atoms with van der Waals surface area (Å²) >= 11 is 0. The van der Waals surface area contributed by atoms with Crippen LogP contribution in [0, 0.1) is 11.8 Å². The fraction of sp³-hybridized carbons (Fsp3) is 1.00. The first kappa shape index (κ1) is 10.4. The van der Waals surface area contributed by atoms with Crippen molar-refractivity contribution in [1.29, 1.82) is 0 Å². The average molecular weight is 217 g/mol. The summed E-state index contributed by atoms with van der Waals surface area (Å²) in [6, 6.07) is 0. The maximum absolute atomic E-state index is 11.3. The molecule has 0 aromatic carbocycles. The highest BCUT2D eigenvalue weighted by Gasteiger charge is 2.39. The highest BCUT2D eigenvalue weighted by atomic mass is 32.2. The van der Waals surface area contributed by atoms with Gasteiger partial charge in [0.1, 0.15) is 0 Å². The molecule has 2 unspecified atom stereocenters. The zero-order chi connectivity index (χ0) is 10.4. The van der Waals surface area contributed by atoms with E-state index in [4.69, 9.17) is 0 Å². The van der Waals surface area contributed by atoms with Crippen LogP contribution < -0.4 is 5.32 Å². The number of hydrogen-bond donors (Lipinski definition) is 1. The molecule has 4 heteroatoms. The fourth-order valence-electron chi connectivity index (χ4n) is 2.74. The van der Waals surface area contributed by atoms with Crippen molar-refractivity contribution in [3.8, 4) is 0 Å². The van der Waals surface area contributed by atoms with Gasteiger partial charge in [-0.25, -0.2) is 8.42 Å². The van der Waals surface area contributed by atoms with Crippen LogP contribution in [0.3, 0.4) is 0 Å². The van der Waals surface area contributed by atoms with Crippen LogP contribution in [-0.2, 0) is 9.84 Å².